The second-order valence-electron chi connectivity index (χ2n) is 7.40. The Morgan fingerprint density at radius 2 is 1.34 bits per heavy atom. The molecular weight excluding hydrogens is 381 g/mol. The molecule has 1 saturated heterocycles. The summed E-state index contributed by atoms with van der Waals surface area (Å²) in [5.41, 5.74) is 0.412. The Labute approximate surface area is 167 Å². The molecule has 29 heavy (non-hydrogen) atoms. The second-order valence-corrected chi connectivity index (χ2v) is 7.40. The second kappa shape index (κ2) is 8.27. The molecule has 0 unspecified atom stereocenters. The summed E-state index contributed by atoms with van der Waals surface area (Å²) >= 11 is 0. The normalized spacial score (nSPS) is 15.0. The number of amides is 2. The first-order valence-electron chi connectivity index (χ1n) is 9.53. The molecule has 1 fully saturated rings. The van der Waals surface area contributed by atoms with Crippen molar-refractivity contribution in [3.05, 3.63) is 70.8 Å². The molecular formula is C22H23F3N2O2. The van der Waals surface area contributed by atoms with E-state index in [9.17, 15) is 22.8 Å². The van der Waals surface area contributed by atoms with Crippen LogP contribution >= 0.6 is 0 Å². The van der Waals surface area contributed by atoms with Gasteiger partial charge in [-0.25, -0.2) is 0 Å². The predicted octanol–water partition coefficient (Wildman–Crippen LogP) is 4.43. The number of halogens is 3. The smallest absolute Gasteiger partial charge is 0.335 e. The lowest BCUT2D eigenvalue weighted by Crippen LogP contribution is -2.50. The third-order valence-electron chi connectivity index (χ3n) is 5.14. The van der Waals surface area contributed by atoms with Crippen molar-refractivity contribution >= 4 is 11.8 Å². The monoisotopic (exact) mass is 404 g/mol. The zero-order valence-electron chi connectivity index (χ0n) is 16.4. The van der Waals surface area contributed by atoms with Gasteiger partial charge in [0.05, 0.1) is 11.1 Å². The molecule has 0 aliphatic carbocycles. The Balaban J connectivity index is 1.66. The van der Waals surface area contributed by atoms with Gasteiger partial charge in [0.25, 0.3) is 11.8 Å². The zero-order chi connectivity index (χ0) is 21.2. The molecule has 2 aromatic rings. The quantitative estimate of drug-likeness (QED) is 0.760. The van der Waals surface area contributed by atoms with Crippen molar-refractivity contribution in [2.45, 2.75) is 25.9 Å². The van der Waals surface area contributed by atoms with Crippen molar-refractivity contribution in [2.75, 3.05) is 26.2 Å². The molecule has 0 spiro atoms. The molecule has 7 heteroatoms. The number of benzene rings is 2. The lowest BCUT2D eigenvalue weighted by molar-refractivity contribution is -0.138. The maximum atomic E-state index is 13.2. The fraction of sp³-hybridized carbons (Fsp3) is 0.364. The third kappa shape index (κ3) is 4.60. The van der Waals surface area contributed by atoms with Gasteiger partial charge in [-0.2, -0.15) is 13.2 Å². The summed E-state index contributed by atoms with van der Waals surface area (Å²) in [5.74, 6) is -0.428. The van der Waals surface area contributed by atoms with Gasteiger partial charge in [-0.15, -0.1) is 0 Å². The summed E-state index contributed by atoms with van der Waals surface area (Å²) in [6, 6.07) is 12.2. The van der Waals surface area contributed by atoms with Crippen LogP contribution in [0.1, 0.15) is 51.6 Å². The molecule has 0 saturated carbocycles. The number of carbonyl (C=O) groups is 2. The summed E-state index contributed by atoms with van der Waals surface area (Å²) in [6.07, 6.45) is -4.59. The molecule has 1 aliphatic heterocycles. The first-order chi connectivity index (χ1) is 13.7. The van der Waals surface area contributed by atoms with Gasteiger partial charge >= 0.3 is 6.18 Å². The lowest BCUT2D eigenvalue weighted by atomic mass is 10.0. The minimum atomic E-state index is -4.59. The number of hydrogen-bond acceptors (Lipinski definition) is 2. The maximum Gasteiger partial charge on any atom is 0.417 e. The van der Waals surface area contributed by atoms with E-state index in [-0.39, 0.29) is 37.6 Å². The molecule has 1 aliphatic rings. The molecule has 0 atom stereocenters. The third-order valence-corrected chi connectivity index (χ3v) is 5.14. The SMILES string of the molecule is CC(C)c1ccc(C(=O)N2CCN(C(=O)c3ccccc3C(F)(F)F)CC2)cc1. The Kier molecular flexibility index (Phi) is 5.96. The summed E-state index contributed by atoms with van der Waals surface area (Å²) < 4.78 is 39.6. The maximum absolute atomic E-state index is 13.2. The average Bonchev–Trinajstić information content (AvgIpc) is 2.72. The highest BCUT2D eigenvalue weighted by molar-refractivity contribution is 5.97. The van der Waals surface area contributed by atoms with Gasteiger partial charge in [-0.05, 0) is 35.7 Å². The highest BCUT2D eigenvalue weighted by Crippen LogP contribution is 2.32. The van der Waals surface area contributed by atoms with E-state index in [2.05, 4.69) is 13.8 Å². The van der Waals surface area contributed by atoms with E-state index in [1.165, 1.54) is 23.1 Å². The summed E-state index contributed by atoms with van der Waals surface area (Å²) in [7, 11) is 0. The molecule has 0 aromatic heterocycles. The van der Waals surface area contributed by atoms with E-state index < -0.39 is 17.6 Å². The van der Waals surface area contributed by atoms with Gasteiger partial charge < -0.3 is 9.80 Å². The number of nitrogens with zero attached hydrogens (tertiary/aromatic N) is 2. The van der Waals surface area contributed by atoms with Crippen molar-refractivity contribution < 1.29 is 22.8 Å². The fourth-order valence-corrected chi connectivity index (χ4v) is 3.39. The van der Waals surface area contributed by atoms with Crippen molar-refractivity contribution in [1.82, 2.24) is 9.80 Å². The Hall–Kier alpha value is -2.83. The molecule has 4 nitrogen and oxygen atoms in total. The number of rotatable bonds is 3. The molecule has 154 valence electrons. The van der Waals surface area contributed by atoms with Crippen LogP contribution in [0.15, 0.2) is 48.5 Å². The van der Waals surface area contributed by atoms with E-state index in [1.54, 1.807) is 17.0 Å². The van der Waals surface area contributed by atoms with Gasteiger partial charge in [-0.1, -0.05) is 38.1 Å². The summed E-state index contributed by atoms with van der Waals surface area (Å²) in [6.45, 7) is 5.10. The van der Waals surface area contributed by atoms with E-state index in [0.717, 1.165) is 11.6 Å². The van der Waals surface area contributed by atoms with Crippen LogP contribution in [0.2, 0.25) is 0 Å². The van der Waals surface area contributed by atoms with Gasteiger partial charge in [0.2, 0.25) is 0 Å². The number of alkyl halides is 3. The van der Waals surface area contributed by atoms with Crippen LogP contribution in [0.25, 0.3) is 0 Å². The standard InChI is InChI=1S/C22H23F3N2O2/c1-15(2)16-7-9-17(10-8-16)20(28)26-11-13-27(14-12-26)21(29)18-5-3-4-6-19(18)22(23,24)25/h3-10,15H,11-14H2,1-2H3. The molecule has 2 aromatic carbocycles. The zero-order valence-corrected chi connectivity index (χ0v) is 16.4. The van der Waals surface area contributed by atoms with Crippen LogP contribution in [-0.2, 0) is 6.18 Å². The highest BCUT2D eigenvalue weighted by Gasteiger charge is 2.36. The fourth-order valence-electron chi connectivity index (χ4n) is 3.39. The Morgan fingerprint density at radius 3 is 1.86 bits per heavy atom. The van der Waals surface area contributed by atoms with Crippen molar-refractivity contribution in [3.8, 4) is 0 Å². The van der Waals surface area contributed by atoms with Crippen LogP contribution < -0.4 is 0 Å². The van der Waals surface area contributed by atoms with Crippen LogP contribution in [0.4, 0.5) is 13.2 Å². The topological polar surface area (TPSA) is 40.6 Å². The molecule has 0 radical (unpaired) electrons. The van der Waals surface area contributed by atoms with Crippen molar-refractivity contribution in [2.24, 2.45) is 0 Å². The molecule has 1 heterocycles. The Morgan fingerprint density at radius 1 is 0.828 bits per heavy atom. The van der Waals surface area contributed by atoms with Crippen LogP contribution in [-0.4, -0.2) is 47.8 Å². The summed E-state index contributed by atoms with van der Waals surface area (Å²) in [5, 5.41) is 0. The molecule has 0 bridgehead atoms. The van der Waals surface area contributed by atoms with E-state index in [0.29, 0.717) is 11.5 Å². The lowest BCUT2D eigenvalue weighted by Gasteiger charge is -2.35. The van der Waals surface area contributed by atoms with Gasteiger partial charge in [0.1, 0.15) is 0 Å². The molecule has 0 N–H and O–H groups in total. The average molecular weight is 404 g/mol. The van der Waals surface area contributed by atoms with Gasteiger partial charge in [0.15, 0.2) is 0 Å². The van der Waals surface area contributed by atoms with Crippen LogP contribution in [0.5, 0.6) is 0 Å². The van der Waals surface area contributed by atoms with Crippen LogP contribution in [0.3, 0.4) is 0 Å². The van der Waals surface area contributed by atoms with E-state index >= 15 is 0 Å². The van der Waals surface area contributed by atoms with Crippen molar-refractivity contribution in [1.29, 1.82) is 0 Å². The summed E-state index contributed by atoms with van der Waals surface area (Å²) in [4.78, 5) is 28.3. The van der Waals surface area contributed by atoms with Gasteiger partial charge in [-0.3, -0.25) is 9.59 Å². The van der Waals surface area contributed by atoms with Gasteiger partial charge in [0, 0.05) is 31.7 Å². The minimum absolute atomic E-state index is 0.136. The van der Waals surface area contributed by atoms with Crippen LogP contribution in [0, 0.1) is 0 Å². The predicted molar refractivity (Wildman–Crippen MR) is 104 cm³/mol. The largest absolute Gasteiger partial charge is 0.417 e. The van der Waals surface area contributed by atoms with E-state index in [4.69, 9.17) is 0 Å². The highest BCUT2D eigenvalue weighted by atomic mass is 19.4. The van der Waals surface area contributed by atoms with Crippen molar-refractivity contribution in [3.63, 3.8) is 0 Å². The molecule has 3 rings (SSSR count). The van der Waals surface area contributed by atoms with E-state index in [1.807, 2.05) is 12.1 Å². The molecule has 2 amide bonds. The minimum Gasteiger partial charge on any atom is -0.335 e. The number of carbonyl (C=O) groups excluding carboxylic acids is 2. The first-order valence-corrected chi connectivity index (χ1v) is 9.53. The number of hydrogen-bond donors (Lipinski definition) is 0. The Bertz CT molecular complexity index is 884. The number of piperazine rings is 1. The first kappa shape index (κ1) is 20.9.